The average Bonchev–Trinajstić information content (AvgIpc) is 3.14. The quantitative estimate of drug-likeness (QED) is 0.656. The Hall–Kier alpha value is -1.88. The van der Waals surface area contributed by atoms with Gasteiger partial charge in [0, 0.05) is 25.6 Å². The lowest BCUT2D eigenvalue weighted by Crippen LogP contribution is -2.40. The van der Waals surface area contributed by atoms with Gasteiger partial charge in [-0.25, -0.2) is 4.39 Å². The Morgan fingerprint density at radius 1 is 1.23 bits per heavy atom. The molecule has 1 fully saturated rings. The number of aliphatic imine (C=N–C) groups is 1. The number of benzene rings is 1. The van der Waals surface area contributed by atoms with E-state index in [9.17, 15) is 4.39 Å². The van der Waals surface area contributed by atoms with Crippen LogP contribution in [-0.4, -0.2) is 19.6 Å². The van der Waals surface area contributed by atoms with Crippen LogP contribution in [0.15, 0.2) is 46.1 Å². The molecule has 0 radical (unpaired) electrons. The lowest BCUT2D eigenvalue weighted by molar-refractivity contribution is 0.617. The van der Waals surface area contributed by atoms with Crippen molar-refractivity contribution in [3.63, 3.8) is 0 Å². The molecule has 0 bridgehead atoms. The molecule has 3 rings (SSSR count). The van der Waals surface area contributed by atoms with Crippen LogP contribution in [0.25, 0.3) is 0 Å². The first-order chi connectivity index (χ1) is 10.7. The molecule has 0 unspecified atom stereocenters. The van der Waals surface area contributed by atoms with Gasteiger partial charge in [-0.15, -0.1) is 0 Å². The topological polar surface area (TPSA) is 36.4 Å². The Balaban J connectivity index is 1.55. The fourth-order valence-corrected chi connectivity index (χ4v) is 3.24. The highest BCUT2D eigenvalue weighted by Crippen LogP contribution is 2.47. The number of halogens is 1. The molecule has 2 aromatic rings. The largest absolute Gasteiger partial charge is 0.356 e. The Kier molecular flexibility index (Phi) is 4.43. The maximum Gasteiger partial charge on any atom is 0.191 e. The fraction of sp³-hybridized carbons (Fsp3) is 0.353. The van der Waals surface area contributed by atoms with Crippen molar-refractivity contribution in [3.05, 3.63) is 58.0 Å². The van der Waals surface area contributed by atoms with Crippen LogP contribution in [0.1, 0.15) is 24.0 Å². The lowest BCUT2D eigenvalue weighted by atomic mass is 9.96. The van der Waals surface area contributed by atoms with E-state index in [4.69, 9.17) is 0 Å². The van der Waals surface area contributed by atoms with Gasteiger partial charge in [-0.1, -0.05) is 12.1 Å². The van der Waals surface area contributed by atoms with Gasteiger partial charge in [0.2, 0.25) is 0 Å². The van der Waals surface area contributed by atoms with Gasteiger partial charge in [0.15, 0.2) is 5.96 Å². The van der Waals surface area contributed by atoms with Crippen LogP contribution in [0, 0.1) is 5.82 Å². The summed E-state index contributed by atoms with van der Waals surface area (Å²) in [5.74, 6) is 0.625. The Labute approximate surface area is 134 Å². The third-order valence-electron chi connectivity index (χ3n) is 4.17. The zero-order valence-corrected chi connectivity index (χ0v) is 13.4. The number of nitrogens with one attached hydrogen (secondary N) is 2. The smallest absolute Gasteiger partial charge is 0.191 e. The van der Waals surface area contributed by atoms with Crippen LogP contribution in [0.4, 0.5) is 4.39 Å². The molecule has 22 heavy (non-hydrogen) atoms. The molecule has 3 nitrogen and oxygen atoms in total. The molecule has 0 aliphatic heterocycles. The zero-order chi connectivity index (χ0) is 15.4. The van der Waals surface area contributed by atoms with Crippen molar-refractivity contribution in [3.8, 4) is 0 Å². The van der Waals surface area contributed by atoms with Gasteiger partial charge in [0.05, 0.1) is 0 Å². The number of hydrogen-bond acceptors (Lipinski definition) is 2. The van der Waals surface area contributed by atoms with E-state index in [1.165, 1.54) is 11.1 Å². The Morgan fingerprint density at radius 3 is 2.59 bits per heavy atom. The minimum atomic E-state index is -0.180. The predicted octanol–water partition coefficient (Wildman–Crippen LogP) is 3.28. The zero-order valence-electron chi connectivity index (χ0n) is 12.6. The molecule has 1 heterocycles. The average molecular weight is 317 g/mol. The summed E-state index contributed by atoms with van der Waals surface area (Å²) in [6, 6.07) is 8.97. The fourth-order valence-electron chi connectivity index (χ4n) is 2.57. The number of rotatable bonds is 5. The third kappa shape index (κ3) is 3.47. The lowest BCUT2D eigenvalue weighted by Gasteiger charge is -2.19. The molecule has 1 aliphatic rings. The summed E-state index contributed by atoms with van der Waals surface area (Å²) in [6.07, 6.45) is 2.26. The number of nitrogens with zero attached hydrogens (tertiary/aromatic N) is 1. The van der Waals surface area contributed by atoms with Crippen molar-refractivity contribution in [2.45, 2.75) is 24.8 Å². The van der Waals surface area contributed by atoms with Gasteiger partial charge < -0.3 is 10.6 Å². The van der Waals surface area contributed by atoms with Gasteiger partial charge >= 0.3 is 0 Å². The second kappa shape index (κ2) is 6.48. The van der Waals surface area contributed by atoms with Gasteiger partial charge in [0.1, 0.15) is 5.82 Å². The number of guanidine groups is 1. The number of thiophene rings is 1. The number of hydrogen-bond donors (Lipinski definition) is 2. The summed E-state index contributed by atoms with van der Waals surface area (Å²) in [5.41, 5.74) is 2.59. The van der Waals surface area contributed by atoms with Crippen molar-refractivity contribution in [2.24, 2.45) is 4.99 Å². The summed E-state index contributed by atoms with van der Waals surface area (Å²) in [7, 11) is 1.78. The van der Waals surface area contributed by atoms with Crippen LogP contribution in [0.2, 0.25) is 0 Å². The minimum absolute atomic E-state index is 0.133. The highest BCUT2D eigenvalue weighted by molar-refractivity contribution is 7.07. The SMILES string of the molecule is CN=C(NCc1ccsc1)NCC1(c2ccc(F)cc2)CC1. The van der Waals surface area contributed by atoms with Crippen LogP contribution >= 0.6 is 11.3 Å². The van der Waals surface area contributed by atoms with E-state index in [1.54, 1.807) is 30.5 Å². The van der Waals surface area contributed by atoms with E-state index < -0.39 is 0 Å². The molecule has 1 aromatic carbocycles. The van der Waals surface area contributed by atoms with Crippen molar-refractivity contribution in [1.82, 2.24) is 10.6 Å². The Bertz CT molecular complexity index is 630. The van der Waals surface area contributed by atoms with Gasteiger partial charge in [0.25, 0.3) is 0 Å². The molecule has 0 saturated heterocycles. The maximum atomic E-state index is 13.1. The molecule has 2 N–H and O–H groups in total. The van der Waals surface area contributed by atoms with E-state index in [-0.39, 0.29) is 11.2 Å². The van der Waals surface area contributed by atoms with E-state index in [0.29, 0.717) is 0 Å². The molecule has 0 amide bonds. The van der Waals surface area contributed by atoms with Crippen LogP contribution < -0.4 is 10.6 Å². The van der Waals surface area contributed by atoms with Crippen LogP contribution in [0.5, 0.6) is 0 Å². The van der Waals surface area contributed by atoms with E-state index in [0.717, 1.165) is 31.9 Å². The standard InChI is InChI=1S/C17H20FN3S/c1-19-16(20-10-13-6-9-22-11-13)21-12-17(7-8-17)14-2-4-15(18)5-3-14/h2-6,9,11H,7-8,10,12H2,1H3,(H2,19,20,21). The summed E-state index contributed by atoms with van der Waals surface area (Å²) >= 11 is 1.69. The third-order valence-corrected chi connectivity index (χ3v) is 4.90. The van der Waals surface area contributed by atoms with Gasteiger partial charge in [-0.3, -0.25) is 4.99 Å². The second-order valence-corrected chi connectivity index (χ2v) is 6.48. The molecule has 1 saturated carbocycles. The monoisotopic (exact) mass is 317 g/mol. The Morgan fingerprint density at radius 2 is 2.00 bits per heavy atom. The molecule has 1 aliphatic carbocycles. The molecule has 0 spiro atoms. The molecule has 0 atom stereocenters. The van der Waals surface area contributed by atoms with Crippen molar-refractivity contribution >= 4 is 17.3 Å². The molecular formula is C17H20FN3S. The van der Waals surface area contributed by atoms with Gasteiger partial charge in [-0.2, -0.15) is 11.3 Å². The van der Waals surface area contributed by atoms with Crippen LogP contribution in [-0.2, 0) is 12.0 Å². The van der Waals surface area contributed by atoms with E-state index in [1.807, 2.05) is 12.1 Å². The molecule has 1 aromatic heterocycles. The minimum Gasteiger partial charge on any atom is -0.356 e. The normalized spacial score (nSPS) is 16.4. The summed E-state index contributed by atoms with van der Waals surface area (Å²) < 4.78 is 13.1. The highest BCUT2D eigenvalue weighted by Gasteiger charge is 2.44. The summed E-state index contributed by atoms with van der Waals surface area (Å²) in [6.45, 7) is 1.59. The first-order valence-electron chi connectivity index (χ1n) is 7.43. The van der Waals surface area contributed by atoms with Gasteiger partial charge in [-0.05, 0) is 52.9 Å². The second-order valence-electron chi connectivity index (χ2n) is 5.70. The van der Waals surface area contributed by atoms with E-state index in [2.05, 4.69) is 32.5 Å². The van der Waals surface area contributed by atoms with Crippen molar-refractivity contribution in [1.29, 1.82) is 0 Å². The first kappa shape index (κ1) is 15.0. The maximum absolute atomic E-state index is 13.1. The van der Waals surface area contributed by atoms with Crippen molar-refractivity contribution < 1.29 is 4.39 Å². The molecule has 5 heteroatoms. The molecular weight excluding hydrogens is 297 g/mol. The predicted molar refractivity (Wildman–Crippen MR) is 89.8 cm³/mol. The molecule has 116 valence electrons. The van der Waals surface area contributed by atoms with Crippen molar-refractivity contribution in [2.75, 3.05) is 13.6 Å². The summed E-state index contributed by atoms with van der Waals surface area (Å²) in [4.78, 5) is 4.26. The summed E-state index contributed by atoms with van der Waals surface area (Å²) in [5, 5.41) is 10.9. The van der Waals surface area contributed by atoms with Crippen LogP contribution in [0.3, 0.4) is 0 Å². The first-order valence-corrected chi connectivity index (χ1v) is 8.38. The highest BCUT2D eigenvalue weighted by atomic mass is 32.1. The van der Waals surface area contributed by atoms with E-state index >= 15 is 0 Å².